The van der Waals surface area contributed by atoms with E-state index in [4.69, 9.17) is 0 Å². The Labute approximate surface area is 134 Å². The molecule has 0 aliphatic heterocycles. The number of nitrogens with one attached hydrogen (secondary N) is 1. The second-order valence-corrected chi connectivity index (χ2v) is 4.16. The van der Waals surface area contributed by atoms with Gasteiger partial charge in [-0.15, -0.1) is 12.4 Å². The molecule has 5 nitrogen and oxygen atoms in total. The Morgan fingerprint density at radius 2 is 1.86 bits per heavy atom. The first-order chi connectivity index (χ1) is 10.2. The summed E-state index contributed by atoms with van der Waals surface area (Å²) in [6.45, 7) is 0. The van der Waals surface area contributed by atoms with Crippen LogP contribution in [-0.4, -0.2) is 24.0 Å². The van der Waals surface area contributed by atoms with Gasteiger partial charge in [-0.25, -0.2) is 4.79 Å². The smallest absolute Gasteiger partial charge is 0.354 e. The van der Waals surface area contributed by atoms with E-state index < -0.39 is 5.97 Å². The second-order valence-electron chi connectivity index (χ2n) is 4.16. The van der Waals surface area contributed by atoms with Crippen LogP contribution in [0.4, 0.5) is 0 Å². The largest absolute Gasteiger partial charge is 0.464 e. The highest BCUT2D eigenvalue weighted by Gasteiger charge is 2.14. The number of halogens is 1. The first-order valence-electron chi connectivity index (χ1n) is 6.27. The first kappa shape index (κ1) is 17.4. The molecule has 2 rings (SSSR count). The van der Waals surface area contributed by atoms with Crippen LogP contribution in [0.25, 0.3) is 6.08 Å². The minimum absolute atomic E-state index is 0. The van der Waals surface area contributed by atoms with Crippen molar-refractivity contribution in [3.63, 3.8) is 0 Å². The highest BCUT2D eigenvalue weighted by Crippen LogP contribution is 2.06. The molecule has 1 heterocycles. The molecule has 0 atom stereocenters. The Hall–Kier alpha value is -2.66. The van der Waals surface area contributed by atoms with Crippen molar-refractivity contribution in [2.45, 2.75) is 0 Å². The molecule has 0 saturated carbocycles. The molecular formula is C16H15ClN2O3. The molecule has 0 unspecified atom stereocenters. The van der Waals surface area contributed by atoms with E-state index in [1.54, 1.807) is 48.8 Å². The number of esters is 1. The SMILES string of the molecule is COC(=O)/C(=C\c1cccnc1)NC(=O)c1ccccc1.Cl. The fourth-order valence-corrected chi connectivity index (χ4v) is 1.67. The summed E-state index contributed by atoms with van der Waals surface area (Å²) in [6.07, 6.45) is 4.72. The maximum absolute atomic E-state index is 12.1. The summed E-state index contributed by atoms with van der Waals surface area (Å²) in [5.74, 6) is -1.00. The predicted octanol–water partition coefficient (Wildman–Crippen LogP) is 2.45. The number of carbonyl (C=O) groups is 2. The van der Waals surface area contributed by atoms with Crippen LogP contribution in [0.5, 0.6) is 0 Å². The van der Waals surface area contributed by atoms with Gasteiger partial charge in [0.2, 0.25) is 0 Å². The van der Waals surface area contributed by atoms with Crippen molar-refractivity contribution in [1.29, 1.82) is 0 Å². The first-order valence-corrected chi connectivity index (χ1v) is 6.27. The number of benzene rings is 1. The molecule has 2 aromatic rings. The van der Waals surface area contributed by atoms with E-state index in [0.717, 1.165) is 0 Å². The fourth-order valence-electron chi connectivity index (χ4n) is 1.67. The lowest BCUT2D eigenvalue weighted by molar-refractivity contribution is -0.136. The molecule has 0 bridgehead atoms. The van der Waals surface area contributed by atoms with Crippen LogP contribution in [0.1, 0.15) is 15.9 Å². The van der Waals surface area contributed by atoms with Gasteiger partial charge in [-0.05, 0) is 29.8 Å². The van der Waals surface area contributed by atoms with Gasteiger partial charge < -0.3 is 10.1 Å². The maximum atomic E-state index is 12.1. The number of pyridine rings is 1. The highest BCUT2D eigenvalue weighted by atomic mass is 35.5. The van der Waals surface area contributed by atoms with Gasteiger partial charge in [-0.3, -0.25) is 9.78 Å². The molecule has 1 aromatic heterocycles. The number of ether oxygens (including phenoxy) is 1. The third kappa shape index (κ3) is 4.71. The van der Waals surface area contributed by atoms with Gasteiger partial charge >= 0.3 is 5.97 Å². The number of aromatic nitrogens is 1. The van der Waals surface area contributed by atoms with Crippen molar-refractivity contribution in [2.75, 3.05) is 7.11 Å². The Bertz CT molecular complexity index is 658. The second kappa shape index (κ2) is 8.59. The van der Waals surface area contributed by atoms with Gasteiger partial charge in [0.15, 0.2) is 0 Å². The summed E-state index contributed by atoms with van der Waals surface area (Å²) in [6, 6.07) is 12.1. The van der Waals surface area contributed by atoms with Gasteiger partial charge in [-0.2, -0.15) is 0 Å². The van der Waals surface area contributed by atoms with Crippen LogP contribution in [0.15, 0.2) is 60.6 Å². The van der Waals surface area contributed by atoms with Crippen LogP contribution in [0.3, 0.4) is 0 Å². The number of amides is 1. The number of rotatable bonds is 4. The third-order valence-electron chi connectivity index (χ3n) is 2.68. The van der Waals surface area contributed by atoms with E-state index in [-0.39, 0.29) is 24.0 Å². The predicted molar refractivity (Wildman–Crippen MR) is 85.4 cm³/mol. The van der Waals surface area contributed by atoms with E-state index in [1.165, 1.54) is 13.2 Å². The Balaban J connectivity index is 0.00000242. The molecule has 114 valence electrons. The monoisotopic (exact) mass is 318 g/mol. The van der Waals surface area contributed by atoms with E-state index >= 15 is 0 Å². The average Bonchev–Trinajstić information content (AvgIpc) is 2.55. The van der Waals surface area contributed by atoms with Crippen molar-refractivity contribution in [3.05, 3.63) is 71.7 Å². The minimum Gasteiger partial charge on any atom is -0.464 e. The van der Waals surface area contributed by atoms with E-state index in [2.05, 4.69) is 15.0 Å². The number of methoxy groups -OCH3 is 1. The van der Waals surface area contributed by atoms with Gasteiger partial charge in [-0.1, -0.05) is 24.3 Å². The minimum atomic E-state index is -0.622. The van der Waals surface area contributed by atoms with E-state index in [9.17, 15) is 9.59 Å². The summed E-state index contributed by atoms with van der Waals surface area (Å²) < 4.78 is 4.68. The molecule has 0 saturated heterocycles. The summed E-state index contributed by atoms with van der Waals surface area (Å²) in [5.41, 5.74) is 1.20. The van der Waals surface area contributed by atoms with Gasteiger partial charge in [0, 0.05) is 18.0 Å². The summed E-state index contributed by atoms with van der Waals surface area (Å²) in [7, 11) is 1.26. The van der Waals surface area contributed by atoms with Crippen molar-refractivity contribution >= 4 is 30.4 Å². The van der Waals surface area contributed by atoms with Gasteiger partial charge in [0.25, 0.3) is 5.91 Å². The van der Waals surface area contributed by atoms with Crippen LogP contribution < -0.4 is 5.32 Å². The lowest BCUT2D eigenvalue weighted by atomic mass is 10.2. The molecule has 0 spiro atoms. The Morgan fingerprint density at radius 3 is 2.45 bits per heavy atom. The number of hydrogen-bond donors (Lipinski definition) is 1. The Morgan fingerprint density at radius 1 is 1.14 bits per heavy atom. The third-order valence-corrected chi connectivity index (χ3v) is 2.68. The molecule has 0 aliphatic carbocycles. The molecule has 0 aliphatic rings. The maximum Gasteiger partial charge on any atom is 0.354 e. The van der Waals surface area contributed by atoms with Crippen LogP contribution in [0, 0.1) is 0 Å². The van der Waals surface area contributed by atoms with Gasteiger partial charge in [0.05, 0.1) is 7.11 Å². The van der Waals surface area contributed by atoms with E-state index in [1.807, 2.05) is 6.07 Å². The standard InChI is InChI=1S/C16H14N2O3.ClH/c1-21-16(20)14(10-12-6-5-9-17-11-12)18-15(19)13-7-3-2-4-8-13;/h2-11H,1H3,(H,18,19);1H/b14-10+;. The van der Waals surface area contributed by atoms with Crippen molar-refractivity contribution < 1.29 is 14.3 Å². The van der Waals surface area contributed by atoms with Crippen molar-refractivity contribution in [1.82, 2.24) is 10.3 Å². The zero-order valence-electron chi connectivity index (χ0n) is 11.9. The zero-order chi connectivity index (χ0) is 15.1. The normalized spacial score (nSPS) is 10.3. The molecule has 0 radical (unpaired) electrons. The number of carbonyl (C=O) groups excluding carboxylic acids is 2. The fraction of sp³-hybridized carbons (Fsp3) is 0.0625. The topological polar surface area (TPSA) is 68.3 Å². The van der Waals surface area contributed by atoms with Crippen molar-refractivity contribution in [3.8, 4) is 0 Å². The molecule has 0 fully saturated rings. The van der Waals surface area contributed by atoms with Gasteiger partial charge in [0.1, 0.15) is 5.70 Å². The van der Waals surface area contributed by atoms with Crippen molar-refractivity contribution in [2.24, 2.45) is 0 Å². The highest BCUT2D eigenvalue weighted by molar-refractivity contribution is 6.03. The molecule has 1 amide bonds. The molecule has 1 aromatic carbocycles. The summed E-state index contributed by atoms with van der Waals surface area (Å²) >= 11 is 0. The Kier molecular flexibility index (Phi) is 6.79. The number of nitrogens with zero attached hydrogens (tertiary/aromatic N) is 1. The quantitative estimate of drug-likeness (QED) is 0.694. The molecule has 22 heavy (non-hydrogen) atoms. The zero-order valence-corrected chi connectivity index (χ0v) is 12.7. The summed E-state index contributed by atoms with van der Waals surface area (Å²) in [4.78, 5) is 27.8. The lowest BCUT2D eigenvalue weighted by Crippen LogP contribution is -2.28. The van der Waals surface area contributed by atoms with Crippen LogP contribution in [0.2, 0.25) is 0 Å². The van der Waals surface area contributed by atoms with Crippen LogP contribution >= 0.6 is 12.4 Å². The molecular weight excluding hydrogens is 304 g/mol. The lowest BCUT2D eigenvalue weighted by Gasteiger charge is -2.08. The van der Waals surface area contributed by atoms with E-state index in [0.29, 0.717) is 11.1 Å². The van der Waals surface area contributed by atoms with Crippen LogP contribution in [-0.2, 0) is 9.53 Å². The number of hydrogen-bond acceptors (Lipinski definition) is 4. The summed E-state index contributed by atoms with van der Waals surface area (Å²) in [5, 5.41) is 2.55. The molecule has 1 N–H and O–H groups in total. The average molecular weight is 319 g/mol. The molecule has 6 heteroatoms.